The molecule has 1 saturated heterocycles. The van der Waals surface area contributed by atoms with E-state index < -0.39 is 0 Å². The third-order valence-corrected chi connectivity index (χ3v) is 3.28. The Morgan fingerprint density at radius 2 is 2.09 bits per heavy atom. The zero-order valence-corrected chi connectivity index (χ0v) is 7.83. The van der Waals surface area contributed by atoms with Crippen molar-refractivity contribution < 1.29 is 4.79 Å². The highest BCUT2D eigenvalue weighted by atomic mass is 31.0. The minimum Gasteiger partial charge on any atom is -0.299 e. The van der Waals surface area contributed by atoms with Crippen LogP contribution >= 0.6 is 9.39 Å². The number of carbonyl (C=O) groups excluding carboxylic acids is 1. The number of nitrogens with zero attached hydrogens (tertiary/aromatic N) is 1. The molecule has 0 amide bonds. The Bertz CT molecular complexity index is 181. The van der Waals surface area contributed by atoms with Gasteiger partial charge in [-0.2, -0.15) is 0 Å². The standard InChI is InChI=1S/C8H14NOP/c10-7-3-1-2-4-8(7)5-9(11)6-8/h1-6,11H2. The molecule has 1 aliphatic heterocycles. The highest BCUT2D eigenvalue weighted by molar-refractivity contribution is 7.13. The number of rotatable bonds is 0. The fourth-order valence-corrected chi connectivity index (χ4v) is 2.92. The molecule has 3 heteroatoms. The first kappa shape index (κ1) is 7.70. The maximum absolute atomic E-state index is 11.5. The summed E-state index contributed by atoms with van der Waals surface area (Å²) in [7, 11) is 2.66. The lowest BCUT2D eigenvalue weighted by Crippen LogP contribution is -2.57. The highest BCUT2D eigenvalue weighted by Crippen LogP contribution is 2.42. The van der Waals surface area contributed by atoms with Crippen molar-refractivity contribution in [3.05, 3.63) is 0 Å². The van der Waals surface area contributed by atoms with Gasteiger partial charge in [0.2, 0.25) is 0 Å². The molecule has 2 nitrogen and oxygen atoms in total. The molecule has 2 aliphatic rings. The zero-order chi connectivity index (χ0) is 7.90. The van der Waals surface area contributed by atoms with E-state index in [4.69, 9.17) is 0 Å². The molecule has 0 aromatic rings. The van der Waals surface area contributed by atoms with Gasteiger partial charge in [-0.15, -0.1) is 0 Å². The Morgan fingerprint density at radius 1 is 1.36 bits per heavy atom. The van der Waals surface area contributed by atoms with Crippen LogP contribution in [0.5, 0.6) is 0 Å². The summed E-state index contributed by atoms with van der Waals surface area (Å²) in [4.78, 5) is 11.5. The van der Waals surface area contributed by atoms with Crippen molar-refractivity contribution in [1.29, 1.82) is 0 Å². The van der Waals surface area contributed by atoms with Gasteiger partial charge in [-0.05, 0) is 12.8 Å². The summed E-state index contributed by atoms with van der Waals surface area (Å²) in [5.74, 6) is 0.516. The second-order valence-electron chi connectivity index (χ2n) is 3.82. The summed E-state index contributed by atoms with van der Waals surface area (Å²) in [6.45, 7) is 1.97. The van der Waals surface area contributed by atoms with Gasteiger partial charge in [0.1, 0.15) is 5.78 Å². The maximum Gasteiger partial charge on any atom is 0.141 e. The van der Waals surface area contributed by atoms with E-state index in [1.165, 1.54) is 6.42 Å². The van der Waals surface area contributed by atoms with Gasteiger partial charge in [0, 0.05) is 19.5 Å². The zero-order valence-electron chi connectivity index (χ0n) is 6.68. The smallest absolute Gasteiger partial charge is 0.141 e. The average molecular weight is 171 g/mol. The van der Waals surface area contributed by atoms with Crippen LogP contribution in [0.4, 0.5) is 0 Å². The SMILES string of the molecule is O=C1CCCCC12CN(P)C2. The lowest BCUT2D eigenvalue weighted by atomic mass is 9.69. The molecule has 1 saturated carbocycles. The summed E-state index contributed by atoms with van der Waals surface area (Å²) in [5.41, 5.74) is 0.0972. The molecule has 1 heterocycles. The fraction of sp³-hybridized carbons (Fsp3) is 0.875. The number of hydrogen-bond acceptors (Lipinski definition) is 2. The Morgan fingerprint density at radius 3 is 2.64 bits per heavy atom. The van der Waals surface area contributed by atoms with E-state index >= 15 is 0 Å². The van der Waals surface area contributed by atoms with Crippen molar-refractivity contribution in [1.82, 2.24) is 4.67 Å². The van der Waals surface area contributed by atoms with E-state index in [-0.39, 0.29) is 5.41 Å². The second kappa shape index (κ2) is 2.53. The first-order valence-electron chi connectivity index (χ1n) is 4.26. The minimum atomic E-state index is 0.0972. The maximum atomic E-state index is 11.5. The quantitative estimate of drug-likeness (QED) is 0.511. The Hall–Kier alpha value is 0.0600. The van der Waals surface area contributed by atoms with Gasteiger partial charge in [0.25, 0.3) is 0 Å². The largest absolute Gasteiger partial charge is 0.299 e. The van der Waals surface area contributed by atoms with Crippen LogP contribution in [0, 0.1) is 5.41 Å². The van der Waals surface area contributed by atoms with Gasteiger partial charge in [0.05, 0.1) is 5.41 Å². The van der Waals surface area contributed by atoms with Gasteiger partial charge in [0.15, 0.2) is 0 Å². The molecule has 1 atom stereocenters. The van der Waals surface area contributed by atoms with Crippen LogP contribution in [0.3, 0.4) is 0 Å². The predicted octanol–water partition coefficient (Wildman–Crippen LogP) is 1.22. The number of hydrogen-bond donors (Lipinski definition) is 0. The van der Waals surface area contributed by atoms with Gasteiger partial charge >= 0.3 is 0 Å². The Kier molecular flexibility index (Phi) is 1.77. The molecular weight excluding hydrogens is 157 g/mol. The van der Waals surface area contributed by atoms with Crippen LogP contribution in [-0.2, 0) is 4.79 Å². The first-order chi connectivity index (χ1) is 5.23. The summed E-state index contributed by atoms with van der Waals surface area (Å²) >= 11 is 0. The molecule has 0 bridgehead atoms. The van der Waals surface area contributed by atoms with E-state index in [1.807, 2.05) is 0 Å². The van der Waals surface area contributed by atoms with Crippen LogP contribution in [0.25, 0.3) is 0 Å². The van der Waals surface area contributed by atoms with Crippen LogP contribution in [0.1, 0.15) is 25.7 Å². The highest BCUT2D eigenvalue weighted by Gasteiger charge is 2.47. The molecule has 62 valence electrons. The van der Waals surface area contributed by atoms with E-state index in [0.29, 0.717) is 5.78 Å². The van der Waals surface area contributed by atoms with Crippen LogP contribution in [0.15, 0.2) is 0 Å². The minimum absolute atomic E-state index is 0.0972. The molecule has 0 N–H and O–H groups in total. The van der Waals surface area contributed by atoms with Gasteiger partial charge in [-0.3, -0.25) is 9.46 Å². The summed E-state index contributed by atoms with van der Waals surface area (Å²) in [5, 5.41) is 0. The van der Waals surface area contributed by atoms with Crippen molar-refractivity contribution >= 4 is 15.2 Å². The number of carbonyl (C=O) groups is 1. The molecule has 11 heavy (non-hydrogen) atoms. The van der Waals surface area contributed by atoms with E-state index in [9.17, 15) is 4.79 Å². The molecule has 0 aromatic heterocycles. The van der Waals surface area contributed by atoms with Crippen molar-refractivity contribution in [3.8, 4) is 0 Å². The predicted molar refractivity (Wildman–Crippen MR) is 47.2 cm³/mol. The number of Topliss-reactive ketones (excluding diaryl/α,β-unsaturated/α-hetero) is 1. The molecule has 1 aliphatic carbocycles. The van der Waals surface area contributed by atoms with Crippen LogP contribution in [0.2, 0.25) is 0 Å². The molecule has 0 radical (unpaired) electrons. The van der Waals surface area contributed by atoms with Crippen LogP contribution < -0.4 is 0 Å². The van der Waals surface area contributed by atoms with Crippen molar-refractivity contribution in [2.24, 2.45) is 5.41 Å². The topological polar surface area (TPSA) is 20.3 Å². The summed E-state index contributed by atoms with van der Waals surface area (Å²) in [6.07, 6.45) is 4.34. The van der Waals surface area contributed by atoms with E-state index in [0.717, 1.165) is 32.4 Å². The lowest BCUT2D eigenvalue weighted by molar-refractivity contribution is -0.138. The lowest BCUT2D eigenvalue weighted by Gasteiger charge is -2.49. The third-order valence-electron chi connectivity index (χ3n) is 2.91. The molecule has 0 aromatic carbocycles. The summed E-state index contributed by atoms with van der Waals surface area (Å²) in [6, 6.07) is 0. The monoisotopic (exact) mass is 171 g/mol. The summed E-state index contributed by atoms with van der Waals surface area (Å²) < 4.78 is 2.16. The second-order valence-corrected chi connectivity index (χ2v) is 4.55. The van der Waals surface area contributed by atoms with E-state index in [1.54, 1.807) is 0 Å². The molecule has 2 rings (SSSR count). The van der Waals surface area contributed by atoms with Gasteiger partial charge in [-0.25, -0.2) is 0 Å². The van der Waals surface area contributed by atoms with Crippen molar-refractivity contribution in [2.75, 3.05) is 13.1 Å². The Balaban J connectivity index is 2.06. The Labute approximate surface area is 69.6 Å². The molecular formula is C8H14NOP. The van der Waals surface area contributed by atoms with Crippen LogP contribution in [-0.4, -0.2) is 23.5 Å². The molecule has 1 spiro atoms. The van der Waals surface area contributed by atoms with Crippen molar-refractivity contribution in [3.63, 3.8) is 0 Å². The third kappa shape index (κ3) is 1.13. The van der Waals surface area contributed by atoms with Gasteiger partial charge < -0.3 is 0 Å². The molecule has 2 fully saturated rings. The molecule has 1 unspecified atom stereocenters. The normalized spacial score (nSPS) is 30.5. The average Bonchev–Trinajstić information content (AvgIpc) is 1.92. The first-order valence-corrected chi connectivity index (χ1v) is 4.78. The number of ketones is 1. The van der Waals surface area contributed by atoms with E-state index in [2.05, 4.69) is 14.1 Å². The van der Waals surface area contributed by atoms with Crippen molar-refractivity contribution in [2.45, 2.75) is 25.7 Å². The fourth-order valence-electron chi connectivity index (χ4n) is 2.22. The van der Waals surface area contributed by atoms with Gasteiger partial charge in [-0.1, -0.05) is 15.8 Å².